The molecule has 0 radical (unpaired) electrons. The molecule has 20 heavy (non-hydrogen) atoms. The Labute approximate surface area is 150 Å². The van der Waals surface area contributed by atoms with Crippen molar-refractivity contribution in [2.75, 3.05) is 13.5 Å². The highest BCUT2D eigenvalue weighted by Crippen LogP contribution is 2.49. The summed E-state index contributed by atoms with van der Waals surface area (Å²) in [5, 5.41) is 0. The van der Waals surface area contributed by atoms with Crippen molar-refractivity contribution in [1.29, 1.82) is 0 Å². The van der Waals surface area contributed by atoms with Crippen LogP contribution in [0.15, 0.2) is 12.1 Å². The molecule has 0 N–H and O–H groups in total. The molecule has 0 saturated heterocycles. The first-order valence-electron chi connectivity index (χ1n) is 6.28. The van der Waals surface area contributed by atoms with Gasteiger partial charge in [0, 0.05) is 18.7 Å². The number of halogens is 2. The minimum atomic E-state index is -0.158. The third-order valence-corrected chi connectivity index (χ3v) is 8.15. The zero-order valence-electron chi connectivity index (χ0n) is 11.1. The van der Waals surface area contributed by atoms with E-state index in [-0.39, 0.29) is 5.59 Å². The topological polar surface area (TPSA) is 24.9 Å². The summed E-state index contributed by atoms with van der Waals surface area (Å²) in [5.74, 6) is 2.06. The molecule has 2 atom stereocenters. The average Bonchev–Trinajstić information content (AvgIpc) is 2.46. The predicted octanol–water partition coefficient (Wildman–Crippen LogP) is 2.58. The molecule has 0 saturated carbocycles. The van der Waals surface area contributed by atoms with Crippen molar-refractivity contribution in [3.05, 3.63) is 23.3 Å². The number of rotatable bonds is 3. The third kappa shape index (κ3) is 3.40. The van der Waals surface area contributed by atoms with E-state index in [1.165, 1.54) is 11.1 Å². The summed E-state index contributed by atoms with van der Waals surface area (Å²) >= 11 is 4.92. The Balaban J connectivity index is 1.86. The van der Waals surface area contributed by atoms with Gasteiger partial charge in [0.15, 0.2) is 7.57 Å². The van der Waals surface area contributed by atoms with Crippen LogP contribution in [0.1, 0.15) is 11.1 Å². The van der Waals surface area contributed by atoms with Gasteiger partial charge in [0.2, 0.25) is 4.86 Å². The van der Waals surface area contributed by atoms with Gasteiger partial charge in [0.25, 0.3) is 0 Å². The first-order valence-corrected chi connectivity index (χ1v) is 13.5. The fourth-order valence-electron chi connectivity index (χ4n) is 2.38. The van der Waals surface area contributed by atoms with E-state index in [0.717, 1.165) is 38.1 Å². The predicted molar refractivity (Wildman–Crippen MR) is 107 cm³/mol. The molecule has 3 rings (SSSR count). The lowest BCUT2D eigenvalue weighted by Crippen LogP contribution is -2.30. The highest BCUT2D eigenvalue weighted by Gasteiger charge is 2.28. The van der Waals surface area contributed by atoms with Crippen LogP contribution in [0.25, 0.3) is 0 Å². The summed E-state index contributed by atoms with van der Waals surface area (Å²) in [6, 6.07) is 4.27. The van der Waals surface area contributed by atoms with Crippen LogP contribution in [-0.4, -0.2) is 35.2 Å². The zero-order valence-corrected chi connectivity index (χ0v) is 17.3. The summed E-state index contributed by atoms with van der Waals surface area (Å²) in [6.07, 6.45) is 0. The molecule has 0 aromatic heterocycles. The summed E-state index contributed by atoms with van der Waals surface area (Å²) in [4.78, 5) is 1.16. The number of ether oxygens (including phenoxy) is 2. The summed E-state index contributed by atoms with van der Waals surface area (Å²) in [6.45, 7) is 3.34. The van der Waals surface area contributed by atoms with Gasteiger partial charge in [-0.3, -0.25) is 4.67 Å². The van der Waals surface area contributed by atoms with Crippen LogP contribution < -0.4 is 9.47 Å². The second kappa shape index (κ2) is 7.18. The summed E-state index contributed by atoms with van der Waals surface area (Å²) in [5.41, 5.74) is 2.37. The summed E-state index contributed by atoms with van der Waals surface area (Å²) in [7, 11) is 3.09. The molecule has 0 amide bonds. The Morgan fingerprint density at radius 1 is 1.30 bits per heavy atom. The Bertz CT molecular complexity index is 512. The molecule has 1 aromatic carbocycles. The normalized spacial score (nSPS) is 20.9. The Hall–Kier alpha value is 1.19. The number of fused-ring (bicyclic) bond motifs is 3. The second-order valence-electron chi connectivity index (χ2n) is 4.68. The second-order valence-corrected chi connectivity index (χ2v) is 13.8. The smallest absolute Gasteiger partial charge is 0.242 e. The first kappa shape index (κ1) is 16.1. The van der Waals surface area contributed by atoms with E-state index in [2.05, 4.69) is 73.5 Å². The van der Waals surface area contributed by atoms with Crippen molar-refractivity contribution < 1.29 is 9.47 Å². The highest BCUT2D eigenvalue weighted by molar-refractivity contribution is 14.2. The Morgan fingerprint density at radius 2 is 2.15 bits per heavy atom. The molecular weight excluding hydrogens is 518 g/mol. The van der Waals surface area contributed by atoms with Crippen LogP contribution in [0, 0.1) is 0 Å². The van der Waals surface area contributed by atoms with Gasteiger partial charge in [0.05, 0.1) is 5.56 Å². The SMILES string of the molecule is BP(I)N1COc2ccc3c(c2C1)OCN(PBI)C3. The fourth-order valence-corrected chi connectivity index (χ4v) is 5.82. The van der Waals surface area contributed by atoms with Crippen molar-refractivity contribution in [2.45, 2.75) is 13.1 Å². The molecule has 2 aliphatic rings. The van der Waals surface area contributed by atoms with E-state index in [9.17, 15) is 0 Å². The van der Waals surface area contributed by atoms with Gasteiger partial charge in [-0.15, -0.1) is 22.4 Å². The molecule has 10 heteroatoms. The third-order valence-electron chi connectivity index (χ3n) is 3.41. The number of hydrogen-bond donors (Lipinski definition) is 0. The monoisotopic (exact) mass is 532 g/mol. The van der Waals surface area contributed by atoms with Gasteiger partial charge in [-0.05, 0) is 33.7 Å². The average molecular weight is 532 g/mol. The minimum absolute atomic E-state index is 0.158. The van der Waals surface area contributed by atoms with E-state index in [0.29, 0.717) is 13.5 Å². The molecule has 0 spiro atoms. The lowest BCUT2D eigenvalue weighted by atomic mass is 10.1. The van der Waals surface area contributed by atoms with Crippen LogP contribution in [0.3, 0.4) is 0 Å². The molecule has 1 aromatic rings. The molecule has 0 fully saturated rings. The van der Waals surface area contributed by atoms with Gasteiger partial charge >= 0.3 is 0 Å². The number of nitrogens with zero attached hydrogens (tertiary/aromatic N) is 2. The molecule has 0 bridgehead atoms. The van der Waals surface area contributed by atoms with Crippen molar-refractivity contribution >= 4 is 71.0 Å². The molecular formula is C10H14B2I2N2O2P2. The van der Waals surface area contributed by atoms with Crippen LogP contribution in [-0.2, 0) is 13.1 Å². The lowest BCUT2D eigenvalue weighted by molar-refractivity contribution is 0.153. The van der Waals surface area contributed by atoms with Crippen molar-refractivity contribution in [2.24, 2.45) is 0 Å². The van der Waals surface area contributed by atoms with Gasteiger partial charge in [-0.2, -0.15) is 0 Å². The van der Waals surface area contributed by atoms with Gasteiger partial charge in [-0.1, -0.05) is 14.7 Å². The molecule has 2 heterocycles. The molecule has 106 valence electrons. The largest absolute Gasteiger partial charge is 0.477 e. The molecule has 2 aliphatic heterocycles. The van der Waals surface area contributed by atoms with Crippen LogP contribution >= 0.6 is 58.6 Å². The van der Waals surface area contributed by atoms with E-state index < -0.39 is 0 Å². The molecule has 0 aliphatic carbocycles. The summed E-state index contributed by atoms with van der Waals surface area (Å²) < 4.78 is 16.7. The highest BCUT2D eigenvalue weighted by atomic mass is 127. The standard InChI is InChI=1S/C10H14B2I2N2O2P2/c11-20(14)16-4-8-9(17-6-16)2-1-7-3-15(19-12-13)5-18-10(7)8/h1-2,12,19H,3-6,11H2. The van der Waals surface area contributed by atoms with E-state index in [1.807, 2.05) is 0 Å². The maximum absolute atomic E-state index is 6.04. The van der Waals surface area contributed by atoms with E-state index in [1.54, 1.807) is 0 Å². The van der Waals surface area contributed by atoms with Gasteiger partial charge in [0.1, 0.15) is 25.0 Å². The van der Waals surface area contributed by atoms with Crippen molar-refractivity contribution in [1.82, 2.24) is 9.34 Å². The quantitative estimate of drug-likeness (QED) is 0.340. The lowest BCUT2D eigenvalue weighted by Gasteiger charge is -2.35. The van der Waals surface area contributed by atoms with Crippen LogP contribution in [0.2, 0.25) is 0 Å². The zero-order chi connectivity index (χ0) is 14.1. The Kier molecular flexibility index (Phi) is 5.76. The first-order chi connectivity index (χ1) is 9.69. The fraction of sp³-hybridized carbons (Fsp3) is 0.400. The maximum Gasteiger partial charge on any atom is 0.242 e. The van der Waals surface area contributed by atoms with Gasteiger partial charge in [-0.25, -0.2) is 4.67 Å². The van der Waals surface area contributed by atoms with E-state index in [4.69, 9.17) is 9.47 Å². The number of benzene rings is 1. The van der Waals surface area contributed by atoms with Crippen molar-refractivity contribution in [3.8, 4) is 11.5 Å². The van der Waals surface area contributed by atoms with Crippen molar-refractivity contribution in [3.63, 3.8) is 0 Å². The van der Waals surface area contributed by atoms with Crippen LogP contribution in [0.5, 0.6) is 11.5 Å². The van der Waals surface area contributed by atoms with Crippen LogP contribution in [0.4, 0.5) is 0 Å². The molecule has 4 nitrogen and oxygen atoms in total. The van der Waals surface area contributed by atoms with E-state index >= 15 is 0 Å². The number of hydrogen-bond acceptors (Lipinski definition) is 4. The van der Waals surface area contributed by atoms with Gasteiger partial charge < -0.3 is 9.47 Å². The molecule has 2 unspecified atom stereocenters. The maximum atomic E-state index is 6.04. The minimum Gasteiger partial charge on any atom is -0.477 e. The Morgan fingerprint density at radius 3 is 2.90 bits per heavy atom.